The van der Waals surface area contributed by atoms with Crippen molar-refractivity contribution in [3.8, 4) is 17.2 Å². The quantitative estimate of drug-likeness (QED) is 0.525. The molecule has 1 aliphatic rings. The lowest BCUT2D eigenvalue weighted by Crippen LogP contribution is -2.38. The molecule has 0 bridgehead atoms. The third-order valence-electron chi connectivity index (χ3n) is 6.05. The van der Waals surface area contributed by atoms with Crippen molar-refractivity contribution in [2.75, 3.05) is 14.2 Å². The lowest BCUT2D eigenvalue weighted by atomic mass is 9.97. The summed E-state index contributed by atoms with van der Waals surface area (Å²) in [6, 6.07) is 16.0. The molecule has 1 aliphatic heterocycles. The number of benzene rings is 2. The summed E-state index contributed by atoms with van der Waals surface area (Å²) in [7, 11) is 3.37. The molecule has 3 aromatic rings. The molecule has 1 aromatic heterocycles. The first-order chi connectivity index (χ1) is 15.2. The Morgan fingerprint density at radius 3 is 2.45 bits per heavy atom. The molecule has 0 amide bonds. The van der Waals surface area contributed by atoms with Gasteiger partial charge < -0.3 is 14.3 Å². The van der Waals surface area contributed by atoms with E-state index in [-0.39, 0.29) is 12.1 Å². The molecule has 0 aliphatic carbocycles. The van der Waals surface area contributed by atoms with Crippen LogP contribution in [-0.2, 0) is 11.3 Å². The Bertz CT molecular complexity index is 981. The second-order valence-electron chi connectivity index (χ2n) is 7.87. The maximum atomic E-state index is 12.1. The summed E-state index contributed by atoms with van der Waals surface area (Å²) in [5.74, 6) is 1.59. The van der Waals surface area contributed by atoms with Gasteiger partial charge in [0.05, 0.1) is 31.5 Å². The van der Waals surface area contributed by atoms with Crippen LogP contribution in [0.25, 0.3) is 5.69 Å². The van der Waals surface area contributed by atoms with Gasteiger partial charge in [-0.2, -0.15) is 5.10 Å². The van der Waals surface area contributed by atoms with Gasteiger partial charge in [-0.25, -0.2) is 4.68 Å². The minimum absolute atomic E-state index is 0.0251. The van der Waals surface area contributed by atoms with E-state index in [0.717, 1.165) is 60.3 Å². The van der Waals surface area contributed by atoms with E-state index in [1.54, 1.807) is 20.4 Å². The van der Waals surface area contributed by atoms with Crippen LogP contribution in [0.4, 0.5) is 0 Å². The molecular weight excluding hydrogens is 390 g/mol. The van der Waals surface area contributed by atoms with E-state index < -0.39 is 0 Å². The Hall–Kier alpha value is -3.12. The molecule has 0 radical (unpaired) electrons. The normalized spacial score (nSPS) is 19.5. The van der Waals surface area contributed by atoms with Crippen LogP contribution in [0.15, 0.2) is 60.9 Å². The van der Waals surface area contributed by atoms with Crippen LogP contribution in [0.5, 0.6) is 11.5 Å². The van der Waals surface area contributed by atoms with Gasteiger partial charge >= 0.3 is 0 Å². The van der Waals surface area contributed by atoms with Gasteiger partial charge in [-0.1, -0.05) is 31.0 Å². The number of likely N-dealkylation sites (tertiary alicyclic amines) is 1. The number of aromatic nitrogens is 2. The maximum absolute atomic E-state index is 12.1. The fraction of sp³-hybridized carbons (Fsp3) is 0.360. The molecule has 162 valence electrons. The van der Waals surface area contributed by atoms with Crippen molar-refractivity contribution in [3.05, 3.63) is 72.1 Å². The monoisotopic (exact) mass is 419 g/mol. The van der Waals surface area contributed by atoms with Crippen molar-refractivity contribution in [2.24, 2.45) is 0 Å². The number of methoxy groups -OCH3 is 2. The second kappa shape index (κ2) is 9.79. The third-order valence-corrected chi connectivity index (χ3v) is 6.05. The smallest absolute Gasteiger partial charge is 0.137 e. The first-order valence-corrected chi connectivity index (χ1v) is 10.8. The highest BCUT2D eigenvalue weighted by Crippen LogP contribution is 2.43. The summed E-state index contributed by atoms with van der Waals surface area (Å²) in [6.45, 7) is 0.657. The zero-order chi connectivity index (χ0) is 21.6. The van der Waals surface area contributed by atoms with Crippen LogP contribution in [0, 0.1) is 0 Å². The summed E-state index contributed by atoms with van der Waals surface area (Å²) in [6.07, 6.45) is 8.69. The lowest BCUT2D eigenvalue weighted by Gasteiger charge is -2.35. The van der Waals surface area contributed by atoms with Gasteiger partial charge in [-0.05, 0) is 48.7 Å². The van der Waals surface area contributed by atoms with Crippen LogP contribution in [0.3, 0.4) is 0 Å². The number of nitrogens with zero attached hydrogens (tertiary/aromatic N) is 3. The van der Waals surface area contributed by atoms with Crippen molar-refractivity contribution in [1.82, 2.24) is 14.7 Å². The summed E-state index contributed by atoms with van der Waals surface area (Å²) in [5.41, 5.74) is 3.16. The van der Waals surface area contributed by atoms with Gasteiger partial charge in [0.2, 0.25) is 0 Å². The average molecular weight is 420 g/mol. The molecule has 31 heavy (non-hydrogen) atoms. The molecule has 2 aromatic carbocycles. The molecule has 0 saturated carbocycles. The zero-order valence-corrected chi connectivity index (χ0v) is 18.1. The van der Waals surface area contributed by atoms with Gasteiger partial charge in [0.1, 0.15) is 17.8 Å². The highest BCUT2D eigenvalue weighted by molar-refractivity contribution is 5.58. The fourth-order valence-corrected chi connectivity index (χ4v) is 4.58. The van der Waals surface area contributed by atoms with E-state index in [2.05, 4.69) is 22.1 Å². The van der Waals surface area contributed by atoms with Gasteiger partial charge in [-0.3, -0.25) is 4.90 Å². The van der Waals surface area contributed by atoms with Crippen LogP contribution in [-0.4, -0.2) is 41.2 Å². The standard InChI is InChI=1S/C25H29N3O3/c1-30-23-12-6-13-24(31-2)25(23)22-11-4-3-9-21(18-29)27(22)17-19-8-5-10-20(16-19)28-15-7-14-26-28/h5-8,10,12-16,18,21-22H,3-4,9,11,17H2,1-2H3. The number of carbonyl (C=O) groups excluding carboxylic acids is 1. The van der Waals surface area contributed by atoms with Crippen molar-refractivity contribution in [1.29, 1.82) is 0 Å². The number of rotatable bonds is 7. The fourth-order valence-electron chi connectivity index (χ4n) is 4.58. The first-order valence-electron chi connectivity index (χ1n) is 10.8. The summed E-state index contributed by atoms with van der Waals surface area (Å²) < 4.78 is 13.3. The largest absolute Gasteiger partial charge is 0.496 e. The number of carbonyl (C=O) groups is 1. The number of hydrogen-bond donors (Lipinski definition) is 0. The molecule has 0 N–H and O–H groups in total. The second-order valence-corrected chi connectivity index (χ2v) is 7.87. The van der Waals surface area contributed by atoms with Crippen molar-refractivity contribution >= 4 is 6.29 Å². The van der Waals surface area contributed by atoms with Gasteiger partial charge in [0.15, 0.2) is 0 Å². The Morgan fingerprint density at radius 2 is 1.77 bits per heavy atom. The number of hydrogen-bond acceptors (Lipinski definition) is 5. The summed E-state index contributed by atoms with van der Waals surface area (Å²) >= 11 is 0. The summed E-state index contributed by atoms with van der Waals surface area (Å²) in [4.78, 5) is 14.4. The lowest BCUT2D eigenvalue weighted by molar-refractivity contribution is -0.113. The molecular formula is C25H29N3O3. The Labute approximate surface area is 183 Å². The van der Waals surface area contributed by atoms with Crippen LogP contribution < -0.4 is 9.47 Å². The molecule has 6 nitrogen and oxygen atoms in total. The molecule has 6 heteroatoms. The number of ether oxygens (including phenoxy) is 2. The van der Waals surface area contributed by atoms with E-state index >= 15 is 0 Å². The van der Waals surface area contributed by atoms with Gasteiger partial charge in [0, 0.05) is 25.0 Å². The molecule has 2 atom stereocenters. The van der Waals surface area contributed by atoms with E-state index in [4.69, 9.17) is 9.47 Å². The number of aldehydes is 1. The summed E-state index contributed by atoms with van der Waals surface area (Å²) in [5, 5.41) is 4.34. The van der Waals surface area contributed by atoms with E-state index in [1.807, 2.05) is 47.3 Å². The van der Waals surface area contributed by atoms with Gasteiger partial charge in [-0.15, -0.1) is 0 Å². The Balaban J connectivity index is 1.74. The molecule has 2 unspecified atom stereocenters. The van der Waals surface area contributed by atoms with E-state index in [0.29, 0.717) is 6.54 Å². The molecule has 2 heterocycles. The maximum Gasteiger partial charge on any atom is 0.137 e. The van der Waals surface area contributed by atoms with Crippen molar-refractivity contribution < 1.29 is 14.3 Å². The minimum Gasteiger partial charge on any atom is -0.496 e. The molecule has 0 spiro atoms. The molecule has 4 rings (SSSR count). The molecule has 1 fully saturated rings. The third kappa shape index (κ3) is 4.49. The first kappa shape index (κ1) is 21.1. The molecule has 1 saturated heterocycles. The van der Waals surface area contributed by atoms with Crippen LogP contribution >= 0.6 is 0 Å². The Kier molecular flexibility index (Phi) is 6.67. The highest BCUT2D eigenvalue weighted by Gasteiger charge is 2.33. The minimum atomic E-state index is -0.157. The van der Waals surface area contributed by atoms with Crippen LogP contribution in [0.1, 0.15) is 42.9 Å². The van der Waals surface area contributed by atoms with Crippen molar-refractivity contribution in [3.63, 3.8) is 0 Å². The van der Waals surface area contributed by atoms with Crippen molar-refractivity contribution in [2.45, 2.75) is 44.3 Å². The van der Waals surface area contributed by atoms with Gasteiger partial charge in [0.25, 0.3) is 0 Å². The van der Waals surface area contributed by atoms with Crippen LogP contribution in [0.2, 0.25) is 0 Å². The van der Waals surface area contributed by atoms with E-state index in [9.17, 15) is 4.79 Å². The highest BCUT2D eigenvalue weighted by atomic mass is 16.5. The predicted octanol–water partition coefficient (Wildman–Crippen LogP) is 4.57. The average Bonchev–Trinajstić information content (AvgIpc) is 3.28. The van der Waals surface area contributed by atoms with E-state index in [1.165, 1.54) is 0 Å². The SMILES string of the molecule is COc1cccc(OC)c1C1CCCCC(C=O)N1Cc1cccc(-n2cccn2)c1. The topological polar surface area (TPSA) is 56.6 Å². The predicted molar refractivity (Wildman–Crippen MR) is 120 cm³/mol. The Morgan fingerprint density at radius 1 is 1.03 bits per heavy atom. The zero-order valence-electron chi connectivity index (χ0n) is 18.1.